The van der Waals surface area contributed by atoms with Crippen LogP contribution >= 0.6 is 0 Å². The molecule has 20 heavy (non-hydrogen) atoms. The summed E-state index contributed by atoms with van der Waals surface area (Å²) in [6, 6.07) is 3.48. The van der Waals surface area contributed by atoms with Crippen LogP contribution in [0.4, 0.5) is 11.4 Å². The third-order valence-electron chi connectivity index (χ3n) is 3.62. The number of ether oxygens (including phenoxy) is 1. The third-order valence-corrected chi connectivity index (χ3v) is 3.62. The molecule has 6 heteroatoms. The molecule has 0 radical (unpaired) electrons. The van der Waals surface area contributed by atoms with Crippen molar-refractivity contribution in [1.29, 1.82) is 0 Å². The molecule has 1 aromatic heterocycles. The van der Waals surface area contributed by atoms with Crippen LogP contribution in [-0.4, -0.2) is 29.2 Å². The van der Waals surface area contributed by atoms with Crippen molar-refractivity contribution >= 4 is 22.3 Å². The third kappa shape index (κ3) is 2.60. The predicted molar refractivity (Wildman–Crippen MR) is 78.9 cm³/mol. The number of anilines is 2. The van der Waals surface area contributed by atoms with Gasteiger partial charge in [0.25, 0.3) is 5.56 Å². The van der Waals surface area contributed by atoms with Gasteiger partial charge in [0.05, 0.1) is 34.7 Å². The molecule has 0 amide bonds. The van der Waals surface area contributed by atoms with E-state index in [2.05, 4.69) is 15.3 Å². The fraction of sp³-hybridized carbons (Fsp3) is 0.429. The second-order valence-corrected chi connectivity index (χ2v) is 5.04. The molecule has 2 heterocycles. The molecule has 0 aliphatic carbocycles. The number of hydrogen-bond donors (Lipinski definition) is 3. The molecule has 1 unspecified atom stereocenters. The molecule has 0 saturated carbocycles. The van der Waals surface area contributed by atoms with E-state index in [-0.39, 0.29) is 5.56 Å². The maximum Gasteiger partial charge on any atom is 0.258 e. The molecule has 1 aliphatic rings. The van der Waals surface area contributed by atoms with Crippen LogP contribution < -0.4 is 16.6 Å². The zero-order valence-corrected chi connectivity index (χ0v) is 11.2. The van der Waals surface area contributed by atoms with E-state index in [9.17, 15) is 4.79 Å². The number of nitrogens with two attached hydrogens (primary N) is 1. The maximum atomic E-state index is 11.6. The zero-order chi connectivity index (χ0) is 13.9. The minimum Gasteiger partial charge on any atom is -0.397 e. The van der Waals surface area contributed by atoms with Gasteiger partial charge in [-0.15, -0.1) is 0 Å². The van der Waals surface area contributed by atoms with Gasteiger partial charge < -0.3 is 20.8 Å². The predicted octanol–water partition coefficient (Wildman–Crippen LogP) is 1.49. The Morgan fingerprint density at radius 2 is 2.40 bits per heavy atom. The van der Waals surface area contributed by atoms with E-state index in [4.69, 9.17) is 10.5 Å². The Kier molecular flexibility index (Phi) is 3.56. The number of nitrogen functional groups attached to an aromatic ring is 1. The van der Waals surface area contributed by atoms with Crippen LogP contribution in [-0.2, 0) is 4.74 Å². The molecular formula is C14H18N4O2. The Labute approximate surface area is 116 Å². The summed E-state index contributed by atoms with van der Waals surface area (Å²) >= 11 is 0. The SMILES string of the molecule is Nc1cc2c(=O)[nH]cnc2cc1NCCC1CCCO1. The number of fused-ring (bicyclic) bond motifs is 1. The van der Waals surface area contributed by atoms with Crippen LogP contribution in [0.3, 0.4) is 0 Å². The number of rotatable bonds is 4. The molecule has 1 atom stereocenters. The van der Waals surface area contributed by atoms with Crippen LogP contribution in [0.15, 0.2) is 23.3 Å². The lowest BCUT2D eigenvalue weighted by Crippen LogP contribution is -2.14. The molecular weight excluding hydrogens is 256 g/mol. The van der Waals surface area contributed by atoms with Gasteiger partial charge in [0, 0.05) is 13.2 Å². The van der Waals surface area contributed by atoms with Crippen LogP contribution in [0, 0.1) is 0 Å². The first-order chi connectivity index (χ1) is 9.74. The summed E-state index contributed by atoms with van der Waals surface area (Å²) in [5, 5.41) is 3.80. The molecule has 2 aromatic rings. The molecule has 106 valence electrons. The van der Waals surface area contributed by atoms with Gasteiger partial charge in [-0.25, -0.2) is 4.98 Å². The van der Waals surface area contributed by atoms with Crippen LogP contribution in [0.25, 0.3) is 10.9 Å². The van der Waals surface area contributed by atoms with Gasteiger partial charge in [0.15, 0.2) is 0 Å². The second kappa shape index (κ2) is 5.50. The lowest BCUT2D eigenvalue weighted by atomic mass is 10.1. The Morgan fingerprint density at radius 3 is 3.20 bits per heavy atom. The number of hydrogen-bond acceptors (Lipinski definition) is 5. The number of aromatic amines is 1. The standard InChI is InChI=1S/C14H18N4O2/c15-11-6-10-12(17-8-18-14(10)19)7-13(11)16-4-3-9-2-1-5-20-9/h6-9,16H,1-5,15H2,(H,17,18,19). The molecule has 1 aromatic carbocycles. The van der Waals surface area contributed by atoms with Crippen molar-refractivity contribution in [1.82, 2.24) is 9.97 Å². The topological polar surface area (TPSA) is 93.0 Å². The largest absolute Gasteiger partial charge is 0.397 e. The summed E-state index contributed by atoms with van der Waals surface area (Å²) in [4.78, 5) is 18.3. The number of benzene rings is 1. The van der Waals surface area contributed by atoms with Crippen LogP contribution in [0.2, 0.25) is 0 Å². The number of nitrogens with zero attached hydrogens (tertiary/aromatic N) is 1. The van der Waals surface area contributed by atoms with Crippen molar-refractivity contribution in [2.45, 2.75) is 25.4 Å². The molecule has 0 bridgehead atoms. The lowest BCUT2D eigenvalue weighted by Gasteiger charge is -2.13. The van der Waals surface area contributed by atoms with Crippen molar-refractivity contribution < 1.29 is 4.74 Å². The van der Waals surface area contributed by atoms with E-state index in [1.165, 1.54) is 6.33 Å². The normalized spacial score (nSPS) is 18.5. The van der Waals surface area contributed by atoms with E-state index in [1.54, 1.807) is 6.07 Å². The molecule has 1 aliphatic heterocycles. The van der Waals surface area contributed by atoms with Gasteiger partial charge in [-0.3, -0.25) is 4.79 Å². The lowest BCUT2D eigenvalue weighted by molar-refractivity contribution is 0.107. The number of nitrogens with one attached hydrogen (secondary N) is 2. The fourth-order valence-electron chi connectivity index (χ4n) is 2.52. The van der Waals surface area contributed by atoms with Crippen LogP contribution in [0.5, 0.6) is 0 Å². The molecule has 4 N–H and O–H groups in total. The van der Waals surface area contributed by atoms with E-state index in [1.807, 2.05) is 6.07 Å². The summed E-state index contributed by atoms with van der Waals surface area (Å²) < 4.78 is 5.58. The maximum absolute atomic E-state index is 11.6. The second-order valence-electron chi connectivity index (χ2n) is 5.04. The van der Waals surface area contributed by atoms with Gasteiger partial charge in [-0.1, -0.05) is 0 Å². The molecule has 3 rings (SSSR count). The van der Waals surface area contributed by atoms with Gasteiger partial charge in [-0.05, 0) is 31.4 Å². The van der Waals surface area contributed by atoms with Crippen LogP contribution in [0.1, 0.15) is 19.3 Å². The highest BCUT2D eigenvalue weighted by Gasteiger charge is 2.15. The highest BCUT2D eigenvalue weighted by molar-refractivity contribution is 5.88. The van der Waals surface area contributed by atoms with E-state index in [0.717, 1.165) is 38.1 Å². The highest BCUT2D eigenvalue weighted by atomic mass is 16.5. The number of H-pyrrole nitrogens is 1. The molecule has 6 nitrogen and oxygen atoms in total. The van der Waals surface area contributed by atoms with E-state index >= 15 is 0 Å². The van der Waals surface area contributed by atoms with Gasteiger partial charge in [0.1, 0.15) is 0 Å². The van der Waals surface area contributed by atoms with Crippen molar-refractivity contribution in [2.24, 2.45) is 0 Å². The monoisotopic (exact) mass is 274 g/mol. The summed E-state index contributed by atoms with van der Waals surface area (Å²) in [5.41, 5.74) is 7.82. The van der Waals surface area contributed by atoms with Gasteiger partial charge in [0.2, 0.25) is 0 Å². The minimum atomic E-state index is -0.174. The molecule has 1 saturated heterocycles. The van der Waals surface area contributed by atoms with Crippen molar-refractivity contribution in [3.8, 4) is 0 Å². The van der Waals surface area contributed by atoms with E-state index in [0.29, 0.717) is 22.7 Å². The van der Waals surface area contributed by atoms with Crippen molar-refractivity contribution in [3.63, 3.8) is 0 Å². The first-order valence-corrected chi connectivity index (χ1v) is 6.86. The van der Waals surface area contributed by atoms with Crippen molar-refractivity contribution in [2.75, 3.05) is 24.2 Å². The first-order valence-electron chi connectivity index (χ1n) is 6.86. The quantitative estimate of drug-likeness (QED) is 0.734. The average molecular weight is 274 g/mol. The fourth-order valence-corrected chi connectivity index (χ4v) is 2.52. The highest BCUT2D eigenvalue weighted by Crippen LogP contribution is 2.23. The smallest absolute Gasteiger partial charge is 0.258 e. The number of aromatic nitrogens is 2. The Balaban J connectivity index is 1.74. The minimum absolute atomic E-state index is 0.174. The molecule has 0 spiro atoms. The Morgan fingerprint density at radius 1 is 1.50 bits per heavy atom. The molecule has 1 fully saturated rings. The Hall–Kier alpha value is -2.08. The van der Waals surface area contributed by atoms with E-state index < -0.39 is 0 Å². The summed E-state index contributed by atoms with van der Waals surface area (Å²) in [5.74, 6) is 0. The summed E-state index contributed by atoms with van der Waals surface area (Å²) in [6.07, 6.45) is 4.99. The van der Waals surface area contributed by atoms with Gasteiger partial charge in [-0.2, -0.15) is 0 Å². The zero-order valence-electron chi connectivity index (χ0n) is 11.2. The summed E-state index contributed by atoms with van der Waals surface area (Å²) in [6.45, 7) is 1.67. The van der Waals surface area contributed by atoms with Gasteiger partial charge >= 0.3 is 0 Å². The summed E-state index contributed by atoms with van der Waals surface area (Å²) in [7, 11) is 0. The van der Waals surface area contributed by atoms with Crippen molar-refractivity contribution in [3.05, 3.63) is 28.8 Å². The average Bonchev–Trinajstić information content (AvgIpc) is 2.94. The Bertz CT molecular complexity index is 662. The first kappa shape index (κ1) is 12.9.